The van der Waals surface area contributed by atoms with Gasteiger partial charge >= 0.3 is 0 Å². The van der Waals surface area contributed by atoms with Crippen molar-refractivity contribution in [2.45, 2.75) is 11.3 Å². The van der Waals surface area contributed by atoms with Crippen molar-refractivity contribution in [2.75, 3.05) is 19.3 Å². The number of anilines is 1. The third-order valence-corrected chi connectivity index (χ3v) is 6.27. The predicted molar refractivity (Wildman–Crippen MR) is 86.4 cm³/mol. The third kappa shape index (κ3) is 3.41. The Balaban J connectivity index is 2.16. The summed E-state index contributed by atoms with van der Waals surface area (Å²) in [5, 5.41) is 1.98. The summed E-state index contributed by atoms with van der Waals surface area (Å²) in [7, 11) is -1.97. The van der Waals surface area contributed by atoms with E-state index in [2.05, 4.69) is 15.9 Å². The Morgan fingerprint density at radius 3 is 2.70 bits per heavy atom. The number of hydrogen-bond donors (Lipinski definition) is 1. The standard InChI is InChI=1S/C13H15BrN2O2S2/c1-16(7-6-11-3-2-8-19-11)20(17,18)13-5-4-10(14)9-12(13)15/h2-5,8-9H,6-7,15H2,1H3. The molecule has 108 valence electrons. The number of likely N-dealkylation sites (N-methyl/N-ethyl adjacent to an activating group) is 1. The zero-order chi connectivity index (χ0) is 14.8. The Morgan fingerprint density at radius 1 is 1.35 bits per heavy atom. The van der Waals surface area contributed by atoms with Gasteiger partial charge < -0.3 is 5.73 Å². The molecule has 0 saturated heterocycles. The maximum atomic E-state index is 12.5. The van der Waals surface area contributed by atoms with Crippen molar-refractivity contribution in [3.8, 4) is 0 Å². The average Bonchev–Trinajstić information content (AvgIpc) is 2.88. The fourth-order valence-corrected chi connectivity index (χ4v) is 4.11. The monoisotopic (exact) mass is 374 g/mol. The minimum Gasteiger partial charge on any atom is -0.398 e. The Morgan fingerprint density at radius 2 is 2.10 bits per heavy atom. The van der Waals surface area contributed by atoms with Gasteiger partial charge in [-0.25, -0.2) is 12.7 Å². The molecule has 0 bridgehead atoms. The molecule has 7 heteroatoms. The van der Waals surface area contributed by atoms with Gasteiger partial charge in [0.15, 0.2) is 0 Å². The lowest BCUT2D eigenvalue weighted by molar-refractivity contribution is 0.474. The molecule has 2 aromatic rings. The Kier molecular flexibility index (Phi) is 4.85. The largest absolute Gasteiger partial charge is 0.398 e. The van der Waals surface area contributed by atoms with Gasteiger partial charge in [-0.05, 0) is 36.1 Å². The molecule has 0 amide bonds. The predicted octanol–water partition coefficient (Wildman–Crippen LogP) is 2.96. The molecule has 0 radical (unpaired) electrons. The number of thiophene rings is 1. The summed E-state index contributed by atoms with van der Waals surface area (Å²) >= 11 is 4.89. The summed E-state index contributed by atoms with van der Waals surface area (Å²) in [5.74, 6) is 0. The first kappa shape index (κ1) is 15.5. The van der Waals surface area contributed by atoms with Gasteiger partial charge in [-0.2, -0.15) is 0 Å². The molecular weight excluding hydrogens is 360 g/mol. The molecule has 20 heavy (non-hydrogen) atoms. The summed E-state index contributed by atoms with van der Waals surface area (Å²) in [6.07, 6.45) is 0.698. The number of sulfonamides is 1. The van der Waals surface area contributed by atoms with Crippen LogP contribution in [-0.4, -0.2) is 26.3 Å². The van der Waals surface area contributed by atoms with Gasteiger partial charge in [0, 0.05) is 22.9 Å². The third-order valence-electron chi connectivity index (χ3n) is 2.91. The van der Waals surface area contributed by atoms with Crippen LogP contribution in [-0.2, 0) is 16.4 Å². The quantitative estimate of drug-likeness (QED) is 0.818. The SMILES string of the molecule is CN(CCc1cccs1)S(=O)(=O)c1ccc(Br)cc1N. The van der Waals surface area contributed by atoms with Gasteiger partial charge in [0.25, 0.3) is 0 Å². The van der Waals surface area contributed by atoms with E-state index in [0.29, 0.717) is 13.0 Å². The number of nitrogen functional groups attached to an aromatic ring is 1. The van der Waals surface area contributed by atoms with Gasteiger partial charge in [0.05, 0.1) is 5.69 Å². The van der Waals surface area contributed by atoms with E-state index >= 15 is 0 Å². The van der Waals surface area contributed by atoms with Gasteiger partial charge in [-0.3, -0.25) is 0 Å². The van der Waals surface area contributed by atoms with Crippen LogP contribution in [0.2, 0.25) is 0 Å². The Labute approximate surface area is 131 Å². The minimum absolute atomic E-state index is 0.148. The molecule has 0 atom stereocenters. The van der Waals surface area contributed by atoms with Crippen molar-refractivity contribution in [1.29, 1.82) is 0 Å². The van der Waals surface area contributed by atoms with Gasteiger partial charge in [-0.15, -0.1) is 11.3 Å². The Hall–Kier alpha value is -0.890. The van der Waals surface area contributed by atoms with Crippen LogP contribution < -0.4 is 5.73 Å². The fraction of sp³-hybridized carbons (Fsp3) is 0.231. The van der Waals surface area contributed by atoms with Crippen molar-refractivity contribution in [1.82, 2.24) is 4.31 Å². The van der Waals surface area contributed by atoms with E-state index in [1.807, 2.05) is 17.5 Å². The smallest absolute Gasteiger partial charge is 0.244 e. The molecule has 0 spiro atoms. The summed E-state index contributed by atoms with van der Waals surface area (Å²) < 4.78 is 27.0. The number of hydrogen-bond acceptors (Lipinski definition) is 4. The lowest BCUT2D eigenvalue weighted by atomic mass is 10.3. The van der Waals surface area contributed by atoms with E-state index in [4.69, 9.17) is 5.73 Å². The topological polar surface area (TPSA) is 63.4 Å². The first-order valence-electron chi connectivity index (χ1n) is 5.95. The highest BCUT2D eigenvalue weighted by atomic mass is 79.9. The van der Waals surface area contributed by atoms with E-state index in [1.54, 1.807) is 30.5 Å². The number of benzene rings is 1. The molecule has 0 aliphatic heterocycles. The number of nitrogens with two attached hydrogens (primary N) is 1. The van der Waals surface area contributed by atoms with Crippen LogP contribution in [0.25, 0.3) is 0 Å². The zero-order valence-electron chi connectivity index (χ0n) is 10.9. The summed E-state index contributed by atoms with van der Waals surface area (Å²) in [6.45, 7) is 0.429. The van der Waals surface area contributed by atoms with E-state index in [0.717, 1.165) is 9.35 Å². The Bertz CT molecular complexity index is 684. The lowest BCUT2D eigenvalue weighted by Crippen LogP contribution is -2.29. The van der Waals surface area contributed by atoms with E-state index in [9.17, 15) is 8.42 Å². The lowest BCUT2D eigenvalue weighted by Gasteiger charge is -2.18. The second-order valence-corrected chi connectivity index (χ2v) is 8.30. The van der Waals surface area contributed by atoms with Gasteiger partial charge in [0.1, 0.15) is 4.90 Å². The number of nitrogens with zero attached hydrogens (tertiary/aromatic N) is 1. The average molecular weight is 375 g/mol. The van der Waals surface area contributed by atoms with Crippen molar-refractivity contribution in [3.05, 3.63) is 45.1 Å². The van der Waals surface area contributed by atoms with E-state index < -0.39 is 10.0 Å². The highest BCUT2D eigenvalue weighted by Gasteiger charge is 2.23. The van der Waals surface area contributed by atoms with Crippen LogP contribution >= 0.6 is 27.3 Å². The first-order valence-corrected chi connectivity index (χ1v) is 9.06. The van der Waals surface area contributed by atoms with Crippen molar-refractivity contribution in [3.63, 3.8) is 0 Å². The van der Waals surface area contributed by atoms with Crippen LogP contribution in [0.15, 0.2) is 45.1 Å². The normalized spacial score (nSPS) is 11.9. The molecule has 0 aliphatic carbocycles. The summed E-state index contributed by atoms with van der Waals surface area (Å²) in [6, 6.07) is 8.76. The molecule has 1 heterocycles. The van der Waals surface area contributed by atoms with Crippen LogP contribution in [0, 0.1) is 0 Å². The number of halogens is 1. The van der Waals surface area contributed by atoms with Crippen LogP contribution in [0.4, 0.5) is 5.69 Å². The van der Waals surface area contributed by atoms with Crippen LogP contribution in [0.1, 0.15) is 4.88 Å². The van der Waals surface area contributed by atoms with Gasteiger partial charge in [0.2, 0.25) is 10.0 Å². The molecule has 0 aliphatic rings. The highest BCUT2D eigenvalue weighted by molar-refractivity contribution is 9.10. The molecule has 2 N–H and O–H groups in total. The molecule has 1 aromatic carbocycles. The van der Waals surface area contributed by atoms with Crippen LogP contribution in [0.5, 0.6) is 0 Å². The number of rotatable bonds is 5. The maximum Gasteiger partial charge on any atom is 0.244 e. The zero-order valence-corrected chi connectivity index (χ0v) is 14.1. The van der Waals surface area contributed by atoms with Crippen molar-refractivity contribution >= 4 is 43.0 Å². The van der Waals surface area contributed by atoms with Gasteiger partial charge in [-0.1, -0.05) is 22.0 Å². The molecule has 1 aromatic heterocycles. The molecule has 0 saturated carbocycles. The summed E-state index contributed by atoms with van der Waals surface area (Å²) in [5.41, 5.74) is 6.05. The molecule has 0 unspecified atom stereocenters. The first-order chi connectivity index (χ1) is 9.41. The van der Waals surface area contributed by atoms with Crippen molar-refractivity contribution in [2.24, 2.45) is 0 Å². The van der Waals surface area contributed by atoms with E-state index in [-0.39, 0.29) is 10.6 Å². The molecule has 4 nitrogen and oxygen atoms in total. The maximum absolute atomic E-state index is 12.5. The fourth-order valence-electron chi connectivity index (χ4n) is 1.76. The highest BCUT2D eigenvalue weighted by Crippen LogP contribution is 2.25. The van der Waals surface area contributed by atoms with E-state index in [1.165, 1.54) is 10.4 Å². The second-order valence-electron chi connectivity index (χ2n) is 4.34. The molecular formula is C13H15BrN2O2S2. The van der Waals surface area contributed by atoms with Crippen molar-refractivity contribution < 1.29 is 8.42 Å². The molecule has 0 fully saturated rings. The molecule has 2 rings (SSSR count). The summed E-state index contributed by atoms with van der Waals surface area (Å²) in [4.78, 5) is 1.31. The van der Waals surface area contributed by atoms with Crippen LogP contribution in [0.3, 0.4) is 0 Å². The minimum atomic E-state index is -3.55. The second kappa shape index (κ2) is 6.26.